The van der Waals surface area contributed by atoms with E-state index in [1.54, 1.807) is 18.2 Å². The van der Waals surface area contributed by atoms with E-state index < -0.39 is 0 Å². The lowest BCUT2D eigenvalue weighted by molar-refractivity contribution is 0.0950. The normalized spacial score (nSPS) is 14.0. The van der Waals surface area contributed by atoms with Crippen molar-refractivity contribution in [3.63, 3.8) is 0 Å². The summed E-state index contributed by atoms with van der Waals surface area (Å²) in [6, 6.07) is 10.7. The van der Waals surface area contributed by atoms with E-state index in [1.807, 2.05) is 18.2 Å². The highest BCUT2D eigenvalue weighted by Gasteiger charge is 2.17. The average Bonchev–Trinajstić information content (AvgIpc) is 3.19. The fourth-order valence-electron chi connectivity index (χ4n) is 2.37. The lowest BCUT2D eigenvalue weighted by Crippen LogP contribution is -2.22. The number of hydrogen-bond donors (Lipinski definition) is 1. The van der Waals surface area contributed by atoms with E-state index in [0.717, 1.165) is 11.3 Å². The summed E-state index contributed by atoms with van der Waals surface area (Å²) < 4.78 is 21.1. The van der Waals surface area contributed by atoms with Crippen molar-refractivity contribution >= 4 is 5.91 Å². The molecule has 2 aliphatic rings. The summed E-state index contributed by atoms with van der Waals surface area (Å²) in [5, 5.41) is 2.87. The Labute approximate surface area is 126 Å². The Kier molecular flexibility index (Phi) is 3.00. The molecule has 2 heterocycles. The van der Waals surface area contributed by atoms with Crippen LogP contribution in [-0.2, 0) is 6.54 Å². The SMILES string of the molecule is O=C(NCc1ccc2c(c1)OCO2)c1ccc2c(c1)OCO2. The van der Waals surface area contributed by atoms with Gasteiger partial charge in [0.15, 0.2) is 23.0 Å². The lowest BCUT2D eigenvalue weighted by Gasteiger charge is -2.07. The molecule has 6 nitrogen and oxygen atoms in total. The largest absolute Gasteiger partial charge is 0.454 e. The Morgan fingerprint density at radius 1 is 0.864 bits per heavy atom. The predicted octanol–water partition coefficient (Wildman–Crippen LogP) is 2.07. The van der Waals surface area contributed by atoms with Gasteiger partial charge in [0.05, 0.1) is 0 Å². The number of hydrogen-bond acceptors (Lipinski definition) is 5. The number of carbonyl (C=O) groups excluding carboxylic acids is 1. The average molecular weight is 299 g/mol. The molecule has 6 heteroatoms. The number of amides is 1. The minimum absolute atomic E-state index is 0.170. The third-order valence-corrected chi connectivity index (χ3v) is 3.52. The second kappa shape index (κ2) is 5.14. The Hall–Kier alpha value is -2.89. The Balaban J connectivity index is 1.44. The fourth-order valence-corrected chi connectivity index (χ4v) is 2.37. The Bertz CT molecular complexity index is 743. The van der Waals surface area contributed by atoms with Gasteiger partial charge >= 0.3 is 0 Å². The number of benzene rings is 2. The third kappa shape index (κ3) is 2.28. The minimum atomic E-state index is -0.170. The molecule has 2 aromatic rings. The molecule has 0 spiro atoms. The van der Waals surface area contributed by atoms with Crippen LogP contribution in [0.4, 0.5) is 0 Å². The highest BCUT2D eigenvalue weighted by Crippen LogP contribution is 2.33. The zero-order valence-electron chi connectivity index (χ0n) is 11.6. The van der Waals surface area contributed by atoms with Gasteiger partial charge in [-0.25, -0.2) is 0 Å². The topological polar surface area (TPSA) is 66.0 Å². The van der Waals surface area contributed by atoms with E-state index in [0.29, 0.717) is 29.4 Å². The summed E-state index contributed by atoms with van der Waals surface area (Å²) in [5.41, 5.74) is 1.48. The standard InChI is InChI=1S/C16H13NO5/c18-16(11-2-4-13-15(6-11)22-9-20-13)17-7-10-1-3-12-14(5-10)21-8-19-12/h1-6H,7-9H2,(H,17,18). The molecular formula is C16H13NO5. The number of rotatable bonds is 3. The monoisotopic (exact) mass is 299 g/mol. The predicted molar refractivity (Wildman–Crippen MR) is 76.3 cm³/mol. The molecule has 2 aliphatic heterocycles. The van der Waals surface area contributed by atoms with Gasteiger partial charge in [0.25, 0.3) is 5.91 Å². The van der Waals surface area contributed by atoms with Crippen LogP contribution in [0, 0.1) is 0 Å². The second-order valence-electron chi connectivity index (χ2n) is 4.94. The van der Waals surface area contributed by atoms with Crippen molar-refractivity contribution in [3.8, 4) is 23.0 Å². The van der Waals surface area contributed by atoms with Crippen LogP contribution in [0.5, 0.6) is 23.0 Å². The van der Waals surface area contributed by atoms with Crippen molar-refractivity contribution < 1.29 is 23.7 Å². The summed E-state index contributed by atoms with van der Waals surface area (Å²) in [5.74, 6) is 2.51. The second-order valence-corrected chi connectivity index (χ2v) is 4.94. The molecule has 0 bridgehead atoms. The van der Waals surface area contributed by atoms with Gasteiger partial charge in [0.1, 0.15) is 0 Å². The van der Waals surface area contributed by atoms with E-state index in [4.69, 9.17) is 18.9 Å². The molecule has 0 unspecified atom stereocenters. The molecular weight excluding hydrogens is 286 g/mol. The van der Waals surface area contributed by atoms with Crippen molar-refractivity contribution in [3.05, 3.63) is 47.5 Å². The van der Waals surface area contributed by atoms with E-state index in [1.165, 1.54) is 0 Å². The maximum atomic E-state index is 12.2. The van der Waals surface area contributed by atoms with Crippen LogP contribution in [0.25, 0.3) is 0 Å². The summed E-state index contributed by atoms with van der Waals surface area (Å²) >= 11 is 0. The van der Waals surface area contributed by atoms with Gasteiger partial charge in [0.2, 0.25) is 13.6 Å². The Morgan fingerprint density at radius 3 is 2.27 bits per heavy atom. The zero-order chi connectivity index (χ0) is 14.9. The molecule has 1 N–H and O–H groups in total. The number of ether oxygens (including phenoxy) is 4. The molecule has 4 rings (SSSR count). The van der Waals surface area contributed by atoms with Crippen molar-refractivity contribution in [1.82, 2.24) is 5.32 Å². The van der Waals surface area contributed by atoms with E-state index in [2.05, 4.69) is 5.32 Å². The summed E-state index contributed by atoms with van der Waals surface area (Å²) in [4.78, 5) is 12.2. The van der Waals surface area contributed by atoms with Crippen LogP contribution in [0.1, 0.15) is 15.9 Å². The highest BCUT2D eigenvalue weighted by atomic mass is 16.7. The van der Waals surface area contributed by atoms with Crippen LogP contribution in [0.15, 0.2) is 36.4 Å². The first-order valence-electron chi connectivity index (χ1n) is 6.86. The van der Waals surface area contributed by atoms with Gasteiger partial charge in [-0.2, -0.15) is 0 Å². The number of carbonyl (C=O) groups is 1. The molecule has 0 fully saturated rings. The molecule has 0 saturated heterocycles. The Morgan fingerprint density at radius 2 is 1.50 bits per heavy atom. The molecule has 2 aromatic carbocycles. The van der Waals surface area contributed by atoms with Crippen LogP contribution in [0.3, 0.4) is 0 Å². The van der Waals surface area contributed by atoms with Crippen LogP contribution < -0.4 is 24.3 Å². The molecule has 22 heavy (non-hydrogen) atoms. The van der Waals surface area contributed by atoms with E-state index >= 15 is 0 Å². The van der Waals surface area contributed by atoms with Gasteiger partial charge in [-0.3, -0.25) is 4.79 Å². The van der Waals surface area contributed by atoms with Crippen molar-refractivity contribution in [2.75, 3.05) is 13.6 Å². The summed E-state index contributed by atoms with van der Waals surface area (Å²) in [6.07, 6.45) is 0. The quantitative estimate of drug-likeness (QED) is 0.940. The van der Waals surface area contributed by atoms with E-state index in [-0.39, 0.29) is 19.5 Å². The van der Waals surface area contributed by atoms with Gasteiger partial charge < -0.3 is 24.3 Å². The number of nitrogens with one attached hydrogen (secondary N) is 1. The van der Waals surface area contributed by atoms with Crippen molar-refractivity contribution in [1.29, 1.82) is 0 Å². The van der Waals surface area contributed by atoms with Gasteiger partial charge in [0, 0.05) is 12.1 Å². The summed E-state index contributed by atoms with van der Waals surface area (Å²) in [6.45, 7) is 0.837. The van der Waals surface area contributed by atoms with Gasteiger partial charge in [-0.1, -0.05) is 6.07 Å². The maximum Gasteiger partial charge on any atom is 0.251 e. The summed E-state index contributed by atoms with van der Waals surface area (Å²) in [7, 11) is 0. The number of fused-ring (bicyclic) bond motifs is 2. The van der Waals surface area contributed by atoms with Gasteiger partial charge in [-0.15, -0.1) is 0 Å². The lowest BCUT2D eigenvalue weighted by atomic mass is 10.1. The molecule has 0 aliphatic carbocycles. The molecule has 1 amide bonds. The first-order chi connectivity index (χ1) is 10.8. The van der Waals surface area contributed by atoms with E-state index in [9.17, 15) is 4.79 Å². The first kappa shape index (κ1) is 12.8. The molecule has 0 atom stereocenters. The smallest absolute Gasteiger partial charge is 0.251 e. The fraction of sp³-hybridized carbons (Fsp3) is 0.188. The maximum absolute atomic E-state index is 12.2. The minimum Gasteiger partial charge on any atom is -0.454 e. The van der Waals surface area contributed by atoms with Crippen LogP contribution in [-0.4, -0.2) is 19.5 Å². The molecule has 0 saturated carbocycles. The highest BCUT2D eigenvalue weighted by molar-refractivity contribution is 5.94. The molecule has 112 valence electrons. The van der Waals surface area contributed by atoms with Crippen LogP contribution >= 0.6 is 0 Å². The first-order valence-corrected chi connectivity index (χ1v) is 6.86. The zero-order valence-corrected chi connectivity index (χ0v) is 11.6. The van der Waals surface area contributed by atoms with Crippen molar-refractivity contribution in [2.45, 2.75) is 6.54 Å². The molecule has 0 radical (unpaired) electrons. The third-order valence-electron chi connectivity index (χ3n) is 3.52. The molecule has 0 aromatic heterocycles. The van der Waals surface area contributed by atoms with Crippen molar-refractivity contribution in [2.24, 2.45) is 0 Å². The van der Waals surface area contributed by atoms with Crippen LogP contribution in [0.2, 0.25) is 0 Å². The van der Waals surface area contributed by atoms with Gasteiger partial charge in [-0.05, 0) is 35.9 Å².